The van der Waals surface area contributed by atoms with Crippen molar-refractivity contribution in [3.05, 3.63) is 29.1 Å². The lowest BCUT2D eigenvalue weighted by atomic mass is 9.92. The van der Waals surface area contributed by atoms with Crippen LogP contribution in [0.4, 0.5) is 0 Å². The average molecular weight is 330 g/mol. The van der Waals surface area contributed by atoms with Crippen LogP contribution in [0.25, 0.3) is 0 Å². The van der Waals surface area contributed by atoms with Gasteiger partial charge in [-0.3, -0.25) is 19.5 Å². The molecule has 1 saturated heterocycles. The number of carbonyl (C=O) groups excluding carboxylic acids is 1. The molecule has 1 aliphatic heterocycles. The third kappa shape index (κ3) is 4.63. The second kappa shape index (κ2) is 7.88. The number of carboxylic acid groups (broad SMARTS) is 1. The lowest BCUT2D eigenvalue weighted by Crippen LogP contribution is -2.49. The van der Waals surface area contributed by atoms with Crippen molar-refractivity contribution in [3.8, 4) is 0 Å². The molecule has 0 atom stereocenters. The molecule has 0 saturated carbocycles. The molecule has 0 amide bonds. The number of aromatic nitrogens is 1. The topological polar surface area (TPSA) is 70.5 Å². The van der Waals surface area contributed by atoms with Gasteiger partial charge in [-0.2, -0.15) is 0 Å². The highest BCUT2D eigenvalue weighted by Gasteiger charge is 2.29. The normalized spacial score (nSPS) is 18.0. The van der Waals surface area contributed by atoms with Crippen LogP contribution in [0.2, 0.25) is 0 Å². The minimum atomic E-state index is -0.794. The molecule has 0 bridgehead atoms. The first kappa shape index (κ1) is 17.1. The first-order chi connectivity index (χ1) is 11.6. The van der Waals surface area contributed by atoms with Gasteiger partial charge in [0.2, 0.25) is 0 Å². The van der Waals surface area contributed by atoms with E-state index in [1.165, 1.54) is 24.1 Å². The molecule has 0 radical (unpaired) electrons. The molecule has 1 aromatic rings. The molecular weight excluding hydrogens is 304 g/mol. The first-order valence-electron chi connectivity index (χ1n) is 9.03. The summed E-state index contributed by atoms with van der Waals surface area (Å²) in [5, 5.41) is 8.70. The van der Waals surface area contributed by atoms with Crippen LogP contribution in [-0.2, 0) is 28.9 Å². The van der Waals surface area contributed by atoms with Gasteiger partial charge in [-0.1, -0.05) is 6.07 Å². The Labute approximate surface area is 143 Å². The Bertz CT molecular complexity index is 609. The summed E-state index contributed by atoms with van der Waals surface area (Å²) in [5.74, 6) is -0.149. The number of pyridine rings is 1. The molecule has 2 aliphatic rings. The van der Waals surface area contributed by atoms with Crippen molar-refractivity contribution in [2.45, 2.75) is 51.4 Å². The van der Waals surface area contributed by atoms with Crippen molar-refractivity contribution < 1.29 is 14.7 Å². The molecule has 1 fully saturated rings. The molecule has 24 heavy (non-hydrogen) atoms. The van der Waals surface area contributed by atoms with Crippen LogP contribution in [0.3, 0.4) is 0 Å². The predicted molar refractivity (Wildman–Crippen MR) is 91.0 cm³/mol. The highest BCUT2D eigenvalue weighted by Crippen LogP contribution is 2.21. The Hall–Kier alpha value is -1.75. The first-order valence-corrected chi connectivity index (χ1v) is 9.03. The Kier molecular flexibility index (Phi) is 5.61. The van der Waals surface area contributed by atoms with Gasteiger partial charge in [0.25, 0.3) is 0 Å². The van der Waals surface area contributed by atoms with Gasteiger partial charge >= 0.3 is 5.97 Å². The summed E-state index contributed by atoms with van der Waals surface area (Å²) in [7, 11) is 0. The summed E-state index contributed by atoms with van der Waals surface area (Å²) in [5.41, 5.74) is 3.77. The number of hydrogen-bond acceptors (Lipinski definition) is 4. The zero-order valence-electron chi connectivity index (χ0n) is 14.2. The van der Waals surface area contributed by atoms with E-state index in [0.717, 1.165) is 44.5 Å². The standard InChI is InChI=1S/C19H26N2O3/c22-17(10-14-11-21(12-14)13-19(23)24)6-3-5-16-9-8-15-4-1-2-7-18(15)20-16/h8-9,14H,1-7,10-13H2,(H,23,24). The molecule has 0 aromatic carbocycles. The summed E-state index contributed by atoms with van der Waals surface area (Å²) in [4.78, 5) is 29.3. The number of likely N-dealkylation sites (tertiary alicyclic amines) is 1. The van der Waals surface area contributed by atoms with Crippen molar-refractivity contribution in [2.24, 2.45) is 5.92 Å². The van der Waals surface area contributed by atoms with E-state index < -0.39 is 5.97 Å². The van der Waals surface area contributed by atoms with Crippen LogP contribution < -0.4 is 0 Å². The highest BCUT2D eigenvalue weighted by atomic mass is 16.4. The second-order valence-electron chi connectivity index (χ2n) is 7.17. The fourth-order valence-corrected chi connectivity index (χ4v) is 3.78. The molecule has 2 heterocycles. The second-order valence-corrected chi connectivity index (χ2v) is 7.17. The van der Waals surface area contributed by atoms with Gasteiger partial charge in [0, 0.05) is 37.3 Å². The highest BCUT2D eigenvalue weighted by molar-refractivity contribution is 5.78. The maximum Gasteiger partial charge on any atom is 0.317 e. The minimum absolute atomic E-state index is 0.0920. The Morgan fingerprint density at radius 1 is 1.21 bits per heavy atom. The molecule has 1 aliphatic carbocycles. The maximum atomic E-state index is 12.0. The van der Waals surface area contributed by atoms with Gasteiger partial charge in [-0.25, -0.2) is 0 Å². The van der Waals surface area contributed by atoms with Gasteiger partial charge in [0.05, 0.1) is 6.54 Å². The lowest BCUT2D eigenvalue weighted by molar-refractivity contribution is -0.140. The van der Waals surface area contributed by atoms with E-state index in [1.54, 1.807) is 0 Å². The fourth-order valence-electron chi connectivity index (χ4n) is 3.78. The van der Waals surface area contributed by atoms with Crippen molar-refractivity contribution in [1.82, 2.24) is 9.88 Å². The van der Waals surface area contributed by atoms with Gasteiger partial charge in [0.15, 0.2) is 0 Å². The van der Waals surface area contributed by atoms with Crippen LogP contribution in [0, 0.1) is 5.92 Å². The van der Waals surface area contributed by atoms with Crippen molar-refractivity contribution in [1.29, 1.82) is 0 Å². The number of carboxylic acids is 1. The van der Waals surface area contributed by atoms with E-state index in [1.807, 2.05) is 4.90 Å². The molecule has 5 nitrogen and oxygen atoms in total. The number of ketones is 1. The van der Waals surface area contributed by atoms with Crippen molar-refractivity contribution >= 4 is 11.8 Å². The van der Waals surface area contributed by atoms with Crippen LogP contribution in [0.1, 0.15) is 49.1 Å². The zero-order chi connectivity index (χ0) is 16.9. The summed E-state index contributed by atoms with van der Waals surface area (Å²) >= 11 is 0. The van der Waals surface area contributed by atoms with Gasteiger partial charge in [-0.05, 0) is 56.1 Å². The Morgan fingerprint density at radius 3 is 2.79 bits per heavy atom. The summed E-state index contributed by atoms with van der Waals surface area (Å²) in [6.07, 6.45) is 7.68. The Morgan fingerprint density at radius 2 is 2.00 bits per heavy atom. The van der Waals surface area contributed by atoms with E-state index in [9.17, 15) is 9.59 Å². The molecule has 5 heteroatoms. The summed E-state index contributed by atoms with van der Waals surface area (Å²) in [6, 6.07) is 4.33. The number of Topliss-reactive ketones (excluding diaryl/α,β-unsaturated/α-hetero) is 1. The fraction of sp³-hybridized carbons (Fsp3) is 0.632. The van der Waals surface area contributed by atoms with Gasteiger partial charge in [-0.15, -0.1) is 0 Å². The third-order valence-corrected chi connectivity index (χ3v) is 5.03. The van der Waals surface area contributed by atoms with Crippen molar-refractivity contribution in [2.75, 3.05) is 19.6 Å². The molecule has 1 aromatic heterocycles. The van der Waals surface area contributed by atoms with Gasteiger partial charge < -0.3 is 5.11 Å². The summed E-state index contributed by atoms with van der Waals surface area (Å²) < 4.78 is 0. The monoisotopic (exact) mass is 330 g/mol. The number of rotatable bonds is 8. The van der Waals surface area contributed by atoms with Crippen LogP contribution in [-0.4, -0.2) is 46.4 Å². The number of hydrogen-bond donors (Lipinski definition) is 1. The number of aryl methyl sites for hydroxylation is 3. The predicted octanol–water partition coefficient (Wildman–Crippen LogP) is 2.26. The summed E-state index contributed by atoms with van der Waals surface area (Å²) in [6.45, 7) is 1.57. The molecule has 3 rings (SSSR count). The molecular formula is C19H26N2O3. The van der Waals surface area contributed by atoms with Crippen LogP contribution in [0.5, 0.6) is 0 Å². The lowest BCUT2D eigenvalue weighted by Gasteiger charge is -2.37. The Balaban J connectivity index is 1.35. The minimum Gasteiger partial charge on any atom is -0.480 e. The molecule has 0 unspecified atom stereocenters. The maximum absolute atomic E-state index is 12.0. The zero-order valence-corrected chi connectivity index (χ0v) is 14.2. The smallest absolute Gasteiger partial charge is 0.317 e. The van der Waals surface area contributed by atoms with E-state index >= 15 is 0 Å². The van der Waals surface area contributed by atoms with E-state index in [4.69, 9.17) is 10.1 Å². The average Bonchev–Trinajstić information content (AvgIpc) is 2.52. The van der Waals surface area contributed by atoms with E-state index in [0.29, 0.717) is 24.5 Å². The number of nitrogens with zero attached hydrogens (tertiary/aromatic N) is 2. The largest absolute Gasteiger partial charge is 0.480 e. The quantitative estimate of drug-likeness (QED) is 0.792. The molecule has 1 N–H and O–H groups in total. The van der Waals surface area contributed by atoms with E-state index in [-0.39, 0.29) is 6.54 Å². The van der Waals surface area contributed by atoms with Crippen LogP contribution in [0.15, 0.2) is 12.1 Å². The number of carbonyl (C=O) groups is 2. The molecule has 130 valence electrons. The SMILES string of the molecule is O=C(O)CN1CC(CC(=O)CCCc2ccc3c(n2)CCCC3)C1. The molecule has 0 spiro atoms. The number of aliphatic carboxylic acids is 1. The number of fused-ring (bicyclic) bond motifs is 1. The van der Waals surface area contributed by atoms with Crippen molar-refractivity contribution in [3.63, 3.8) is 0 Å². The van der Waals surface area contributed by atoms with E-state index in [2.05, 4.69) is 12.1 Å². The van der Waals surface area contributed by atoms with Gasteiger partial charge in [0.1, 0.15) is 5.78 Å². The van der Waals surface area contributed by atoms with Crippen LogP contribution >= 0.6 is 0 Å². The third-order valence-electron chi connectivity index (χ3n) is 5.03.